The normalized spacial score (nSPS) is 9.94. The van der Waals surface area contributed by atoms with Gasteiger partial charge in [0.15, 0.2) is 0 Å². The third-order valence-electron chi connectivity index (χ3n) is 9.30. The Kier molecular flexibility index (Phi) is 20.9. The molecule has 280 valence electrons. The molecule has 0 amide bonds. The quantitative estimate of drug-likeness (QED) is 0.117. The van der Waals surface area contributed by atoms with Gasteiger partial charge in [-0.3, -0.25) is 0 Å². The van der Waals surface area contributed by atoms with Crippen molar-refractivity contribution in [2.45, 2.75) is 66.2 Å². The SMILES string of the molecule is CCc1cc2c(-c3cccc4ccccc34)cccc2[cH-]1.CCc1cc2c(-c3cccc4ccccc34)cccc2[cH-]1.[CH2-]CCC.[CH2-]CCC.[CH3-].[CH3-].[Si]=[Ti]. The molecule has 0 aromatic heterocycles. The Balaban J connectivity index is 0.000000292. The van der Waals surface area contributed by atoms with Gasteiger partial charge in [0.2, 0.25) is 0 Å². The van der Waals surface area contributed by atoms with Gasteiger partial charge < -0.3 is 28.7 Å². The first-order chi connectivity index (χ1) is 25.6. The molecule has 0 spiro atoms. The van der Waals surface area contributed by atoms with Crippen molar-refractivity contribution in [3.8, 4) is 22.3 Å². The van der Waals surface area contributed by atoms with E-state index in [9.17, 15) is 0 Å². The molecule has 0 heterocycles. The maximum atomic E-state index is 3.60. The van der Waals surface area contributed by atoms with Crippen LogP contribution in [0.2, 0.25) is 0 Å². The average molecular weight is 759 g/mol. The summed E-state index contributed by atoms with van der Waals surface area (Å²) in [6.45, 7) is 15.9. The zero-order chi connectivity index (χ0) is 37.3. The summed E-state index contributed by atoms with van der Waals surface area (Å²) >= 11 is 1.81. The molecule has 0 bridgehead atoms. The number of unbranched alkanes of at least 4 members (excludes halogenated alkanes) is 2. The molecule has 0 aliphatic heterocycles. The van der Waals surface area contributed by atoms with Gasteiger partial charge in [0.05, 0.1) is 0 Å². The third kappa shape index (κ3) is 11.5. The molecule has 0 N–H and O–H groups in total. The zero-order valence-electron chi connectivity index (χ0n) is 33.5. The number of hydrogen-bond donors (Lipinski definition) is 0. The van der Waals surface area contributed by atoms with Crippen molar-refractivity contribution >= 4 is 50.7 Å². The summed E-state index contributed by atoms with van der Waals surface area (Å²) < 4.78 is 0. The standard InChI is InChI=1S/2C21H17.2C4H9.2CH3.Si.Ti/c2*1-2-15-13-17-9-6-12-20(21(17)14-15)19-11-5-8-16-7-3-4-10-18(16)19;2*1-3-4-2;;;;/h2*3-14H,2H2,1H3;2*1,3-4H2,2H3;2*1H3;;/q6*-1;;. The van der Waals surface area contributed by atoms with Crippen molar-refractivity contribution in [3.05, 3.63) is 185 Å². The van der Waals surface area contributed by atoms with Gasteiger partial charge in [0.25, 0.3) is 0 Å². The Bertz CT molecular complexity index is 2090. The second-order valence-electron chi connectivity index (χ2n) is 12.8. The van der Waals surface area contributed by atoms with Gasteiger partial charge in [-0.2, -0.15) is 25.0 Å². The third-order valence-corrected chi connectivity index (χ3v) is 9.30. The van der Waals surface area contributed by atoms with E-state index in [1.54, 1.807) is 19.2 Å². The molecular weight excluding hydrogens is 701 g/mol. The molecule has 0 atom stereocenters. The van der Waals surface area contributed by atoms with Crippen LogP contribution in [0, 0.1) is 28.7 Å². The molecule has 2 heteroatoms. The van der Waals surface area contributed by atoms with Crippen LogP contribution in [0.4, 0.5) is 0 Å². The van der Waals surface area contributed by atoms with Crippen LogP contribution in [-0.2, 0) is 32.0 Å². The molecule has 8 aromatic carbocycles. The van der Waals surface area contributed by atoms with Crippen LogP contribution in [0.1, 0.15) is 64.5 Å². The van der Waals surface area contributed by atoms with E-state index in [1.807, 2.05) is 0 Å². The van der Waals surface area contributed by atoms with Gasteiger partial charge >= 0.3 is 26.8 Å². The Morgan fingerprint density at radius 3 is 1.07 bits per heavy atom. The molecule has 8 aromatic rings. The van der Waals surface area contributed by atoms with Gasteiger partial charge in [-0.1, -0.05) is 149 Å². The van der Waals surface area contributed by atoms with Gasteiger partial charge in [-0.25, -0.2) is 0 Å². The molecule has 0 saturated heterocycles. The summed E-state index contributed by atoms with van der Waals surface area (Å²) in [5.41, 5.74) is 8.15. The zero-order valence-corrected chi connectivity index (χ0v) is 36.1. The van der Waals surface area contributed by atoms with Crippen molar-refractivity contribution in [2.24, 2.45) is 0 Å². The second-order valence-corrected chi connectivity index (χ2v) is 12.8. The summed E-state index contributed by atoms with van der Waals surface area (Å²) in [7, 11) is 2.97. The molecule has 0 fully saturated rings. The molecule has 0 aliphatic rings. The van der Waals surface area contributed by atoms with E-state index in [2.05, 4.69) is 195 Å². The van der Waals surface area contributed by atoms with E-state index < -0.39 is 0 Å². The van der Waals surface area contributed by atoms with Crippen LogP contribution in [0.3, 0.4) is 0 Å². The van der Waals surface area contributed by atoms with Crippen molar-refractivity contribution in [1.29, 1.82) is 0 Å². The topological polar surface area (TPSA) is 0 Å². The van der Waals surface area contributed by atoms with E-state index in [0.29, 0.717) is 0 Å². The number of hydrogen-bond acceptors (Lipinski definition) is 0. The summed E-state index contributed by atoms with van der Waals surface area (Å²) in [6, 6.07) is 52.9. The minimum atomic E-state index is 0. The average Bonchev–Trinajstić information content (AvgIpc) is 3.86. The molecule has 0 nitrogen and oxygen atoms in total. The van der Waals surface area contributed by atoms with Gasteiger partial charge in [-0.05, 0) is 45.5 Å². The Morgan fingerprint density at radius 1 is 0.444 bits per heavy atom. The first-order valence-corrected chi connectivity index (χ1v) is 21.6. The minimum absolute atomic E-state index is 0. The van der Waals surface area contributed by atoms with Crippen LogP contribution in [0.25, 0.3) is 65.3 Å². The van der Waals surface area contributed by atoms with Gasteiger partial charge in [0.1, 0.15) is 0 Å². The first kappa shape index (κ1) is 46.1. The van der Waals surface area contributed by atoms with E-state index in [4.69, 9.17) is 0 Å². The predicted molar refractivity (Wildman–Crippen MR) is 243 cm³/mol. The maximum absolute atomic E-state index is 3.60. The number of benzene rings is 6. The summed E-state index contributed by atoms with van der Waals surface area (Å²) in [5.74, 6) is 0. The van der Waals surface area contributed by atoms with E-state index in [0.717, 1.165) is 25.7 Å². The van der Waals surface area contributed by atoms with Crippen LogP contribution in [-0.4, -0.2) is 7.63 Å². The summed E-state index contributed by atoms with van der Waals surface area (Å²) in [5, 5.41) is 10.7. The molecule has 0 unspecified atom stereocenters. The molecule has 0 saturated carbocycles. The fourth-order valence-electron chi connectivity index (χ4n) is 6.39. The van der Waals surface area contributed by atoms with E-state index in [1.165, 1.54) is 89.3 Å². The Morgan fingerprint density at radius 2 is 0.741 bits per heavy atom. The predicted octanol–water partition coefficient (Wildman–Crippen LogP) is 15.6. The monoisotopic (exact) mass is 758 g/mol. The van der Waals surface area contributed by atoms with Crippen LogP contribution in [0.5, 0.6) is 0 Å². The van der Waals surface area contributed by atoms with Gasteiger partial charge in [-0.15, -0.1) is 69.1 Å². The molecular formula is C52H58SiTi-6. The van der Waals surface area contributed by atoms with Gasteiger partial charge in [0, 0.05) is 0 Å². The fourth-order valence-corrected chi connectivity index (χ4v) is 6.39. The number of aryl methyl sites for hydroxylation is 2. The summed E-state index contributed by atoms with van der Waals surface area (Å²) in [4.78, 5) is 0. The Labute approximate surface area is 341 Å². The van der Waals surface area contributed by atoms with Crippen molar-refractivity contribution < 1.29 is 19.2 Å². The number of fused-ring (bicyclic) bond motifs is 4. The Hall–Kier alpha value is -4.01. The van der Waals surface area contributed by atoms with E-state index in [-0.39, 0.29) is 14.9 Å². The molecule has 0 aliphatic carbocycles. The van der Waals surface area contributed by atoms with Crippen molar-refractivity contribution in [3.63, 3.8) is 0 Å². The van der Waals surface area contributed by atoms with Crippen molar-refractivity contribution in [2.75, 3.05) is 0 Å². The van der Waals surface area contributed by atoms with E-state index >= 15 is 0 Å². The van der Waals surface area contributed by atoms with Crippen molar-refractivity contribution in [1.82, 2.24) is 0 Å². The fraction of sp³-hybridized carbons (Fsp3) is 0.192. The second kappa shape index (κ2) is 24.4. The molecule has 2 radical (unpaired) electrons. The van der Waals surface area contributed by atoms with Crippen LogP contribution < -0.4 is 0 Å². The number of rotatable bonds is 6. The van der Waals surface area contributed by atoms with Crippen LogP contribution in [0.15, 0.2) is 146 Å². The first-order valence-electron chi connectivity index (χ1n) is 18.7. The van der Waals surface area contributed by atoms with Crippen LogP contribution >= 0.6 is 0 Å². The molecule has 8 rings (SSSR count). The summed E-state index contributed by atoms with van der Waals surface area (Å²) in [6.07, 6.45) is 6.73. The molecule has 54 heavy (non-hydrogen) atoms.